The van der Waals surface area contributed by atoms with E-state index in [0.717, 1.165) is 0 Å². The lowest BCUT2D eigenvalue weighted by Crippen LogP contribution is -2.13. The van der Waals surface area contributed by atoms with E-state index < -0.39 is 17.9 Å². The molecule has 126 valence electrons. The molecule has 0 radical (unpaired) electrons. The second-order valence-electron chi connectivity index (χ2n) is 5.05. The number of hydrogen-bond acceptors (Lipinski definition) is 5. The Balaban J connectivity index is 1.96. The van der Waals surface area contributed by atoms with Gasteiger partial charge in [-0.25, -0.2) is 0 Å². The number of nitrogens with zero attached hydrogens (tertiary/aromatic N) is 5. The van der Waals surface area contributed by atoms with Gasteiger partial charge in [-0.15, -0.1) is 10.2 Å². The van der Waals surface area contributed by atoms with Crippen LogP contribution in [0.2, 0.25) is 0 Å². The molecular formula is C14H11BrF3N5O. The number of hydrogen-bond donors (Lipinski definition) is 0. The van der Waals surface area contributed by atoms with Gasteiger partial charge in [0, 0.05) is 18.0 Å². The second-order valence-corrected chi connectivity index (χ2v) is 5.84. The Hall–Kier alpha value is -2.23. The first kappa shape index (κ1) is 16.6. The van der Waals surface area contributed by atoms with Crippen molar-refractivity contribution < 1.29 is 17.6 Å². The molecule has 0 saturated heterocycles. The first-order valence-corrected chi connectivity index (χ1v) is 7.64. The Kier molecular flexibility index (Phi) is 4.16. The third-order valence-corrected chi connectivity index (χ3v) is 4.39. The van der Waals surface area contributed by atoms with E-state index >= 15 is 0 Å². The first-order valence-electron chi connectivity index (χ1n) is 6.84. The van der Waals surface area contributed by atoms with E-state index in [2.05, 4.69) is 36.2 Å². The van der Waals surface area contributed by atoms with Crippen LogP contribution >= 0.6 is 15.9 Å². The second kappa shape index (κ2) is 6.00. The predicted octanol–water partition coefficient (Wildman–Crippen LogP) is 4.03. The molecule has 3 aromatic heterocycles. The molecule has 3 aromatic rings. The number of halogens is 4. The molecule has 0 aliphatic heterocycles. The fourth-order valence-electron chi connectivity index (χ4n) is 2.18. The summed E-state index contributed by atoms with van der Waals surface area (Å²) < 4.78 is 45.6. The molecule has 0 saturated carbocycles. The van der Waals surface area contributed by atoms with Crippen LogP contribution in [0.15, 0.2) is 33.4 Å². The third kappa shape index (κ3) is 2.93. The highest BCUT2D eigenvalue weighted by molar-refractivity contribution is 9.10. The van der Waals surface area contributed by atoms with Crippen molar-refractivity contribution in [1.82, 2.24) is 25.0 Å². The van der Waals surface area contributed by atoms with E-state index in [-0.39, 0.29) is 16.3 Å². The summed E-state index contributed by atoms with van der Waals surface area (Å²) in [5, 5.41) is 11.5. The molecule has 1 unspecified atom stereocenters. The first-order chi connectivity index (χ1) is 11.3. The van der Waals surface area contributed by atoms with Gasteiger partial charge in [0.1, 0.15) is 6.04 Å². The Bertz CT molecular complexity index is 859. The van der Waals surface area contributed by atoms with Crippen LogP contribution in [0.25, 0.3) is 11.5 Å². The van der Waals surface area contributed by atoms with Gasteiger partial charge >= 0.3 is 6.18 Å². The monoisotopic (exact) mass is 401 g/mol. The van der Waals surface area contributed by atoms with E-state index in [1.54, 1.807) is 31.5 Å². The smallest absolute Gasteiger partial charge is 0.418 e. The number of pyridine rings is 1. The van der Waals surface area contributed by atoms with Crippen LogP contribution in [0.3, 0.4) is 0 Å². The van der Waals surface area contributed by atoms with E-state index in [0.29, 0.717) is 11.3 Å². The molecular weight excluding hydrogens is 391 g/mol. The molecule has 0 spiro atoms. The Morgan fingerprint density at radius 3 is 2.46 bits per heavy atom. The van der Waals surface area contributed by atoms with Gasteiger partial charge in [-0.1, -0.05) is 0 Å². The van der Waals surface area contributed by atoms with E-state index in [1.807, 2.05) is 0 Å². The number of alkyl halides is 3. The van der Waals surface area contributed by atoms with Crippen LogP contribution in [0, 0.1) is 6.92 Å². The largest absolute Gasteiger partial charge is 0.436 e. The molecule has 0 fully saturated rings. The molecule has 0 aliphatic rings. The molecule has 0 amide bonds. The zero-order valence-electron chi connectivity index (χ0n) is 12.5. The summed E-state index contributed by atoms with van der Waals surface area (Å²) in [6, 6.07) is 2.74. The van der Waals surface area contributed by atoms with Gasteiger partial charge in [0.25, 0.3) is 0 Å². The number of rotatable bonds is 3. The van der Waals surface area contributed by atoms with Crippen molar-refractivity contribution in [3.8, 4) is 11.5 Å². The standard InChI is InChI=1S/C14H11BrF3N5O/c1-7-10(15)11(14(16,17)18)22-23(7)8(2)12-20-21-13(24-12)9-3-5-19-6-4-9/h3-6,8H,1-2H3. The third-order valence-electron chi connectivity index (χ3n) is 3.44. The fraction of sp³-hybridized carbons (Fsp3) is 0.286. The minimum atomic E-state index is -4.55. The van der Waals surface area contributed by atoms with Gasteiger partial charge in [-0.3, -0.25) is 9.67 Å². The van der Waals surface area contributed by atoms with Crippen LogP contribution in [-0.2, 0) is 6.18 Å². The molecule has 6 nitrogen and oxygen atoms in total. The van der Waals surface area contributed by atoms with E-state index in [4.69, 9.17) is 4.42 Å². The summed E-state index contributed by atoms with van der Waals surface area (Å²) in [5.74, 6) is 0.424. The minimum absolute atomic E-state index is 0.101. The van der Waals surface area contributed by atoms with Crippen LogP contribution < -0.4 is 0 Å². The summed E-state index contributed by atoms with van der Waals surface area (Å²) >= 11 is 2.94. The van der Waals surface area contributed by atoms with Gasteiger partial charge in [0.05, 0.1) is 10.2 Å². The van der Waals surface area contributed by atoms with Crippen molar-refractivity contribution >= 4 is 15.9 Å². The Labute approximate surface area is 142 Å². The Morgan fingerprint density at radius 1 is 1.21 bits per heavy atom. The topological polar surface area (TPSA) is 69.6 Å². The maximum Gasteiger partial charge on any atom is 0.436 e. The van der Waals surface area contributed by atoms with Gasteiger partial charge in [0.2, 0.25) is 11.8 Å². The average Bonchev–Trinajstić information content (AvgIpc) is 3.14. The maximum absolute atomic E-state index is 13.0. The van der Waals surface area contributed by atoms with Crippen molar-refractivity contribution in [2.24, 2.45) is 0 Å². The summed E-state index contributed by atoms with van der Waals surface area (Å²) in [7, 11) is 0. The lowest BCUT2D eigenvalue weighted by Gasteiger charge is -2.09. The SMILES string of the molecule is Cc1c(Br)c(C(F)(F)F)nn1C(C)c1nnc(-c2ccncc2)o1. The molecule has 24 heavy (non-hydrogen) atoms. The summed E-state index contributed by atoms with van der Waals surface area (Å²) in [6.07, 6.45) is -1.40. The molecule has 10 heteroatoms. The fourth-order valence-corrected chi connectivity index (χ4v) is 2.66. The van der Waals surface area contributed by atoms with Crippen LogP contribution in [0.1, 0.15) is 30.2 Å². The molecule has 0 aliphatic carbocycles. The highest BCUT2D eigenvalue weighted by atomic mass is 79.9. The van der Waals surface area contributed by atoms with E-state index in [1.165, 1.54) is 11.6 Å². The van der Waals surface area contributed by atoms with Crippen LogP contribution in [0.5, 0.6) is 0 Å². The summed E-state index contributed by atoms with van der Waals surface area (Å²) in [5.41, 5.74) is 0.00417. The van der Waals surface area contributed by atoms with Crippen molar-refractivity contribution in [2.45, 2.75) is 26.1 Å². The molecule has 0 bridgehead atoms. The zero-order valence-corrected chi connectivity index (χ0v) is 14.1. The normalized spacial score (nSPS) is 13.2. The van der Waals surface area contributed by atoms with E-state index in [9.17, 15) is 13.2 Å². The van der Waals surface area contributed by atoms with Crippen molar-refractivity contribution in [3.63, 3.8) is 0 Å². The lowest BCUT2D eigenvalue weighted by molar-refractivity contribution is -0.142. The maximum atomic E-state index is 13.0. The Morgan fingerprint density at radius 2 is 1.88 bits per heavy atom. The van der Waals surface area contributed by atoms with Crippen LogP contribution in [-0.4, -0.2) is 25.0 Å². The molecule has 3 heterocycles. The molecule has 0 N–H and O–H groups in total. The number of aromatic nitrogens is 5. The summed E-state index contributed by atoms with van der Waals surface area (Å²) in [4.78, 5) is 3.89. The lowest BCUT2D eigenvalue weighted by atomic mass is 10.3. The predicted molar refractivity (Wildman–Crippen MR) is 81.0 cm³/mol. The molecule has 1 atom stereocenters. The zero-order chi connectivity index (χ0) is 17.5. The van der Waals surface area contributed by atoms with Gasteiger partial charge < -0.3 is 4.42 Å². The van der Waals surface area contributed by atoms with Gasteiger partial charge in [-0.05, 0) is 41.9 Å². The molecule has 3 rings (SSSR count). The highest BCUT2D eigenvalue weighted by Crippen LogP contribution is 2.37. The average molecular weight is 402 g/mol. The quantitative estimate of drug-likeness (QED) is 0.662. The van der Waals surface area contributed by atoms with Crippen molar-refractivity contribution in [2.75, 3.05) is 0 Å². The van der Waals surface area contributed by atoms with Gasteiger partial charge in [0.15, 0.2) is 5.69 Å². The summed E-state index contributed by atoms with van der Waals surface area (Å²) in [6.45, 7) is 3.17. The minimum Gasteiger partial charge on any atom is -0.418 e. The van der Waals surface area contributed by atoms with Crippen LogP contribution in [0.4, 0.5) is 13.2 Å². The van der Waals surface area contributed by atoms with Crippen molar-refractivity contribution in [3.05, 3.63) is 46.3 Å². The highest BCUT2D eigenvalue weighted by Gasteiger charge is 2.38. The molecule has 0 aromatic carbocycles. The van der Waals surface area contributed by atoms with Crippen molar-refractivity contribution in [1.29, 1.82) is 0 Å². The van der Waals surface area contributed by atoms with Gasteiger partial charge in [-0.2, -0.15) is 18.3 Å².